The van der Waals surface area contributed by atoms with Gasteiger partial charge in [-0.2, -0.15) is 0 Å². The van der Waals surface area contributed by atoms with E-state index in [9.17, 15) is 0 Å². The molecule has 70 valence electrons. The summed E-state index contributed by atoms with van der Waals surface area (Å²) in [6, 6.07) is 7.53. The van der Waals surface area contributed by atoms with E-state index in [1.165, 1.54) is 0 Å². The van der Waals surface area contributed by atoms with Gasteiger partial charge in [0, 0.05) is 23.5 Å². The van der Waals surface area contributed by atoms with E-state index >= 15 is 0 Å². The molecule has 2 heterocycles. The Bertz CT molecular complexity index is 445. The van der Waals surface area contributed by atoms with Gasteiger partial charge in [0.25, 0.3) is 0 Å². The molecule has 0 aliphatic rings. The lowest BCUT2D eigenvalue weighted by Crippen LogP contribution is -1.84. The van der Waals surface area contributed by atoms with E-state index < -0.39 is 0 Å². The summed E-state index contributed by atoms with van der Waals surface area (Å²) in [5, 5.41) is 0.476. The van der Waals surface area contributed by atoms with Crippen molar-refractivity contribution in [1.82, 2.24) is 9.97 Å². The fourth-order valence-electron chi connectivity index (χ4n) is 1.15. The highest BCUT2D eigenvalue weighted by molar-refractivity contribution is 9.10. The third-order valence-electron chi connectivity index (χ3n) is 1.79. The van der Waals surface area contributed by atoms with Crippen LogP contribution in [-0.2, 0) is 0 Å². The second-order valence-corrected chi connectivity index (χ2v) is 3.85. The van der Waals surface area contributed by atoms with Crippen LogP contribution >= 0.6 is 27.5 Å². The van der Waals surface area contributed by atoms with Crippen molar-refractivity contribution >= 4 is 27.5 Å². The van der Waals surface area contributed by atoms with Gasteiger partial charge in [0.15, 0.2) is 0 Å². The van der Waals surface area contributed by atoms with Crippen molar-refractivity contribution in [3.8, 4) is 11.1 Å². The topological polar surface area (TPSA) is 25.8 Å². The smallest absolute Gasteiger partial charge is 0.130 e. The van der Waals surface area contributed by atoms with Crippen molar-refractivity contribution in [3.05, 3.63) is 46.4 Å². The number of hydrogen-bond acceptors (Lipinski definition) is 2. The number of hydrogen-bond donors (Lipinski definition) is 0. The monoisotopic (exact) mass is 268 g/mol. The van der Waals surface area contributed by atoms with Gasteiger partial charge in [-0.15, -0.1) is 0 Å². The zero-order valence-electron chi connectivity index (χ0n) is 7.11. The fourth-order valence-corrected chi connectivity index (χ4v) is 1.95. The first kappa shape index (κ1) is 9.62. The zero-order valence-corrected chi connectivity index (χ0v) is 9.46. The van der Waals surface area contributed by atoms with Crippen molar-refractivity contribution < 1.29 is 0 Å². The lowest BCUT2D eigenvalue weighted by Gasteiger charge is -2.02. The normalized spacial score (nSPS) is 10.1. The minimum absolute atomic E-state index is 0.476. The summed E-state index contributed by atoms with van der Waals surface area (Å²) in [4.78, 5) is 8.15. The molecule has 0 aliphatic carbocycles. The van der Waals surface area contributed by atoms with E-state index in [0.717, 1.165) is 15.7 Å². The molecule has 0 bridgehead atoms. The van der Waals surface area contributed by atoms with Gasteiger partial charge in [-0.25, -0.2) is 4.98 Å². The molecule has 0 saturated heterocycles. The molecule has 0 spiro atoms. The predicted octanol–water partition coefficient (Wildman–Crippen LogP) is 3.56. The molecule has 0 amide bonds. The quantitative estimate of drug-likeness (QED) is 0.740. The molecule has 0 aliphatic heterocycles. The molecular weight excluding hydrogens is 263 g/mol. The van der Waals surface area contributed by atoms with Crippen molar-refractivity contribution in [2.75, 3.05) is 0 Å². The van der Waals surface area contributed by atoms with Crippen molar-refractivity contribution in [2.24, 2.45) is 0 Å². The second kappa shape index (κ2) is 4.07. The van der Waals surface area contributed by atoms with Crippen LogP contribution in [0.2, 0.25) is 5.15 Å². The van der Waals surface area contributed by atoms with Gasteiger partial charge < -0.3 is 0 Å². The minimum Gasteiger partial charge on any atom is -0.264 e. The average Bonchev–Trinajstić information content (AvgIpc) is 2.19. The Balaban J connectivity index is 2.53. The molecule has 0 aromatic carbocycles. The van der Waals surface area contributed by atoms with Gasteiger partial charge in [0.05, 0.1) is 0 Å². The number of rotatable bonds is 1. The maximum absolute atomic E-state index is 5.75. The summed E-state index contributed by atoms with van der Waals surface area (Å²) in [5.41, 5.74) is 2.01. The molecule has 0 atom stereocenters. The molecule has 0 fully saturated rings. The van der Waals surface area contributed by atoms with Gasteiger partial charge in [0.1, 0.15) is 9.76 Å². The van der Waals surface area contributed by atoms with Crippen LogP contribution in [0.3, 0.4) is 0 Å². The summed E-state index contributed by atoms with van der Waals surface area (Å²) in [6.07, 6.45) is 3.52. The predicted molar refractivity (Wildman–Crippen MR) is 60.2 cm³/mol. The van der Waals surface area contributed by atoms with Crippen LogP contribution in [0.1, 0.15) is 0 Å². The van der Waals surface area contributed by atoms with E-state index in [4.69, 9.17) is 11.6 Å². The summed E-state index contributed by atoms with van der Waals surface area (Å²) in [5.74, 6) is 0. The van der Waals surface area contributed by atoms with Crippen LogP contribution < -0.4 is 0 Å². The van der Waals surface area contributed by atoms with Crippen molar-refractivity contribution in [2.45, 2.75) is 0 Å². The van der Waals surface area contributed by atoms with E-state index in [1.807, 2.05) is 18.2 Å². The minimum atomic E-state index is 0.476. The Kier molecular flexibility index (Phi) is 2.79. The van der Waals surface area contributed by atoms with Crippen LogP contribution in [0.5, 0.6) is 0 Å². The van der Waals surface area contributed by atoms with Crippen molar-refractivity contribution in [3.63, 3.8) is 0 Å². The first-order valence-corrected chi connectivity index (χ1v) is 5.17. The summed E-state index contributed by atoms with van der Waals surface area (Å²) >= 11 is 9.11. The van der Waals surface area contributed by atoms with Gasteiger partial charge in [-0.3, -0.25) is 4.98 Å². The van der Waals surface area contributed by atoms with Gasteiger partial charge >= 0.3 is 0 Å². The van der Waals surface area contributed by atoms with Crippen LogP contribution in [-0.4, -0.2) is 9.97 Å². The molecule has 0 saturated carbocycles. The summed E-state index contributed by atoms with van der Waals surface area (Å²) in [7, 11) is 0. The highest BCUT2D eigenvalue weighted by Gasteiger charge is 2.04. The Morgan fingerprint density at radius 3 is 2.71 bits per heavy atom. The Hall–Kier alpha value is -0.930. The Morgan fingerprint density at radius 2 is 2.07 bits per heavy atom. The number of nitrogens with zero attached hydrogens (tertiary/aromatic N) is 2. The Labute approximate surface area is 95.1 Å². The van der Waals surface area contributed by atoms with E-state index in [0.29, 0.717) is 5.15 Å². The summed E-state index contributed by atoms with van der Waals surface area (Å²) in [6.45, 7) is 0. The third-order valence-corrected chi connectivity index (χ3v) is 2.60. The largest absolute Gasteiger partial charge is 0.264 e. The maximum atomic E-state index is 5.75. The lowest BCUT2D eigenvalue weighted by atomic mass is 10.1. The standard InChI is InChI=1S/C10H6BrClN2/c11-10-8(3-4-9(12)14-10)7-2-1-5-13-6-7/h1-6H. The molecule has 0 radical (unpaired) electrons. The maximum Gasteiger partial charge on any atom is 0.130 e. The molecule has 2 aromatic rings. The van der Waals surface area contributed by atoms with Crippen molar-refractivity contribution in [1.29, 1.82) is 0 Å². The van der Waals surface area contributed by atoms with E-state index in [2.05, 4.69) is 25.9 Å². The van der Waals surface area contributed by atoms with Gasteiger partial charge in [-0.05, 0) is 34.1 Å². The SMILES string of the molecule is Clc1ccc(-c2cccnc2)c(Br)n1. The molecule has 2 rings (SSSR count). The molecule has 2 aromatic heterocycles. The zero-order chi connectivity index (χ0) is 9.97. The van der Waals surface area contributed by atoms with Crippen LogP contribution in [0.15, 0.2) is 41.3 Å². The molecule has 0 N–H and O–H groups in total. The number of halogens is 2. The Morgan fingerprint density at radius 1 is 1.21 bits per heavy atom. The molecular formula is C10H6BrClN2. The molecule has 2 nitrogen and oxygen atoms in total. The average molecular weight is 270 g/mol. The van der Waals surface area contributed by atoms with Gasteiger partial charge in [0.2, 0.25) is 0 Å². The fraction of sp³-hybridized carbons (Fsp3) is 0. The first-order valence-electron chi connectivity index (χ1n) is 4.00. The number of aromatic nitrogens is 2. The van der Waals surface area contributed by atoms with Crippen LogP contribution in [0.4, 0.5) is 0 Å². The highest BCUT2D eigenvalue weighted by atomic mass is 79.9. The lowest BCUT2D eigenvalue weighted by molar-refractivity contribution is 1.26. The van der Waals surface area contributed by atoms with Crippen LogP contribution in [0.25, 0.3) is 11.1 Å². The van der Waals surface area contributed by atoms with E-state index in [1.54, 1.807) is 18.5 Å². The highest BCUT2D eigenvalue weighted by Crippen LogP contribution is 2.26. The van der Waals surface area contributed by atoms with E-state index in [-0.39, 0.29) is 0 Å². The van der Waals surface area contributed by atoms with Gasteiger partial charge in [-0.1, -0.05) is 17.7 Å². The first-order chi connectivity index (χ1) is 6.77. The molecule has 0 unspecified atom stereocenters. The molecule has 14 heavy (non-hydrogen) atoms. The van der Waals surface area contributed by atoms with Crippen LogP contribution in [0, 0.1) is 0 Å². The number of pyridine rings is 2. The summed E-state index contributed by atoms with van der Waals surface area (Å²) < 4.78 is 0.734. The second-order valence-electron chi connectivity index (χ2n) is 2.71. The molecule has 4 heteroatoms. The third kappa shape index (κ3) is 1.94.